The predicted molar refractivity (Wildman–Crippen MR) is 107 cm³/mol. The molecule has 2 aromatic rings. The summed E-state index contributed by atoms with van der Waals surface area (Å²) in [6, 6.07) is 15.3. The molecule has 0 aliphatic carbocycles. The minimum atomic E-state index is -1.09. The fraction of sp³-hybridized carbons (Fsp3) is 0.190. The number of benzene rings is 2. The largest absolute Gasteiger partial charge is 0.494 e. The minimum Gasteiger partial charge on any atom is -0.494 e. The highest BCUT2D eigenvalue weighted by molar-refractivity contribution is 6.30. The van der Waals surface area contributed by atoms with Crippen LogP contribution in [0.5, 0.6) is 5.75 Å². The van der Waals surface area contributed by atoms with Crippen molar-refractivity contribution >= 4 is 35.2 Å². The number of nitriles is 1. The summed E-state index contributed by atoms with van der Waals surface area (Å²) < 4.78 is 10.4. The zero-order valence-corrected chi connectivity index (χ0v) is 16.2. The molecule has 0 bridgehead atoms. The summed E-state index contributed by atoms with van der Waals surface area (Å²) in [6.45, 7) is 3.84. The molecule has 0 saturated carbocycles. The molecular formula is C21H19ClN2O4. The topological polar surface area (TPSA) is 88.4 Å². The van der Waals surface area contributed by atoms with E-state index in [0.29, 0.717) is 28.6 Å². The number of nitrogens with zero attached hydrogens (tertiary/aromatic N) is 1. The number of carbonyl (C=O) groups is 2. The van der Waals surface area contributed by atoms with Gasteiger partial charge in [0.15, 0.2) is 6.10 Å². The number of hydrogen-bond acceptors (Lipinski definition) is 5. The molecule has 28 heavy (non-hydrogen) atoms. The van der Waals surface area contributed by atoms with Crippen molar-refractivity contribution in [3.8, 4) is 11.8 Å². The van der Waals surface area contributed by atoms with Gasteiger partial charge in [0.2, 0.25) is 0 Å². The quantitative estimate of drug-likeness (QED) is 0.428. The van der Waals surface area contributed by atoms with Crippen LogP contribution in [0, 0.1) is 11.3 Å². The number of halogens is 1. The fourth-order valence-corrected chi connectivity index (χ4v) is 2.41. The molecule has 0 unspecified atom stereocenters. The highest BCUT2D eigenvalue weighted by Crippen LogP contribution is 2.17. The van der Waals surface area contributed by atoms with E-state index in [1.165, 1.54) is 13.0 Å². The van der Waals surface area contributed by atoms with Crippen molar-refractivity contribution in [1.82, 2.24) is 0 Å². The molecule has 0 aliphatic rings. The number of carbonyl (C=O) groups excluding carboxylic acids is 2. The van der Waals surface area contributed by atoms with E-state index in [1.54, 1.807) is 54.6 Å². The number of esters is 1. The van der Waals surface area contributed by atoms with Crippen molar-refractivity contribution in [2.45, 2.75) is 20.0 Å². The molecule has 0 fully saturated rings. The number of hydrogen-bond donors (Lipinski definition) is 1. The SMILES string of the molecule is CCOc1ccc(/C=C(\C#N)C(=O)O[C@@H](C)C(=O)Nc2cccc(Cl)c2)cc1. The minimum absolute atomic E-state index is 0.216. The van der Waals surface area contributed by atoms with Crippen molar-refractivity contribution < 1.29 is 19.1 Å². The van der Waals surface area contributed by atoms with Crippen LogP contribution in [0.4, 0.5) is 5.69 Å². The molecule has 0 heterocycles. The summed E-state index contributed by atoms with van der Waals surface area (Å²) in [4.78, 5) is 24.4. The Bertz CT molecular complexity index is 917. The van der Waals surface area contributed by atoms with Crippen LogP contribution in [0.2, 0.25) is 5.02 Å². The van der Waals surface area contributed by atoms with Gasteiger partial charge in [0.05, 0.1) is 6.61 Å². The Morgan fingerprint density at radius 2 is 1.96 bits per heavy atom. The zero-order chi connectivity index (χ0) is 20.5. The van der Waals surface area contributed by atoms with E-state index >= 15 is 0 Å². The highest BCUT2D eigenvalue weighted by atomic mass is 35.5. The van der Waals surface area contributed by atoms with Gasteiger partial charge in [0.1, 0.15) is 17.4 Å². The van der Waals surface area contributed by atoms with Gasteiger partial charge < -0.3 is 14.8 Å². The number of rotatable bonds is 7. The van der Waals surface area contributed by atoms with Crippen LogP contribution < -0.4 is 10.1 Å². The van der Waals surface area contributed by atoms with Crippen LogP contribution in [0.3, 0.4) is 0 Å². The summed E-state index contributed by atoms with van der Waals surface area (Å²) in [5.41, 5.74) is 0.894. The Hall–Kier alpha value is -3.30. The molecule has 1 amide bonds. The molecule has 6 nitrogen and oxygen atoms in total. The van der Waals surface area contributed by atoms with E-state index in [4.69, 9.17) is 21.1 Å². The molecule has 0 radical (unpaired) electrons. The molecule has 144 valence electrons. The van der Waals surface area contributed by atoms with Crippen LogP contribution in [0.1, 0.15) is 19.4 Å². The second-order valence-electron chi connectivity index (χ2n) is 5.72. The first-order valence-electron chi connectivity index (χ1n) is 8.55. The van der Waals surface area contributed by atoms with E-state index in [-0.39, 0.29) is 5.57 Å². The molecule has 0 spiro atoms. The number of anilines is 1. The maximum Gasteiger partial charge on any atom is 0.349 e. The van der Waals surface area contributed by atoms with Gasteiger partial charge in [-0.2, -0.15) is 5.26 Å². The van der Waals surface area contributed by atoms with E-state index < -0.39 is 18.0 Å². The molecule has 1 N–H and O–H groups in total. The van der Waals surface area contributed by atoms with E-state index in [0.717, 1.165) is 0 Å². The van der Waals surface area contributed by atoms with Crippen LogP contribution in [0.25, 0.3) is 6.08 Å². The molecule has 0 aliphatic heterocycles. The van der Waals surface area contributed by atoms with Crippen molar-refractivity contribution in [1.29, 1.82) is 5.26 Å². The average molecular weight is 399 g/mol. The normalized spacial score (nSPS) is 11.9. The first-order chi connectivity index (χ1) is 13.4. The van der Waals surface area contributed by atoms with E-state index in [1.807, 2.05) is 6.92 Å². The summed E-state index contributed by atoms with van der Waals surface area (Å²) in [6.07, 6.45) is 0.295. The van der Waals surface area contributed by atoms with Gasteiger partial charge in [0, 0.05) is 10.7 Å². The monoisotopic (exact) mass is 398 g/mol. The number of ether oxygens (including phenoxy) is 2. The maximum atomic E-state index is 12.2. The highest BCUT2D eigenvalue weighted by Gasteiger charge is 2.20. The van der Waals surface area contributed by atoms with Gasteiger partial charge in [-0.3, -0.25) is 4.79 Å². The van der Waals surface area contributed by atoms with Crippen molar-refractivity contribution in [3.63, 3.8) is 0 Å². The van der Waals surface area contributed by atoms with Crippen LogP contribution in [-0.4, -0.2) is 24.6 Å². The molecule has 7 heteroatoms. The van der Waals surface area contributed by atoms with Gasteiger partial charge >= 0.3 is 5.97 Å². The fourth-order valence-electron chi connectivity index (χ4n) is 2.22. The Morgan fingerprint density at radius 1 is 1.25 bits per heavy atom. The third-order valence-corrected chi connectivity index (χ3v) is 3.82. The zero-order valence-electron chi connectivity index (χ0n) is 15.4. The van der Waals surface area contributed by atoms with Gasteiger partial charge in [-0.05, 0) is 55.8 Å². The van der Waals surface area contributed by atoms with Crippen molar-refractivity contribution in [2.24, 2.45) is 0 Å². The lowest BCUT2D eigenvalue weighted by molar-refractivity contribution is -0.148. The summed E-state index contributed by atoms with van der Waals surface area (Å²) >= 11 is 5.87. The Balaban J connectivity index is 2.02. The molecule has 0 saturated heterocycles. The van der Waals surface area contributed by atoms with Crippen molar-refractivity contribution in [3.05, 3.63) is 64.7 Å². The van der Waals surface area contributed by atoms with Crippen LogP contribution >= 0.6 is 11.6 Å². The van der Waals surface area contributed by atoms with Gasteiger partial charge in [0.25, 0.3) is 5.91 Å². The van der Waals surface area contributed by atoms with Crippen LogP contribution in [-0.2, 0) is 14.3 Å². The lowest BCUT2D eigenvalue weighted by Gasteiger charge is -2.13. The first kappa shape index (κ1) is 21.0. The molecule has 2 rings (SSSR count). The molecule has 1 atom stereocenters. The average Bonchev–Trinajstić information content (AvgIpc) is 2.67. The second-order valence-corrected chi connectivity index (χ2v) is 6.16. The van der Waals surface area contributed by atoms with Crippen LogP contribution in [0.15, 0.2) is 54.1 Å². The lowest BCUT2D eigenvalue weighted by Crippen LogP contribution is -2.30. The summed E-state index contributed by atoms with van der Waals surface area (Å²) in [7, 11) is 0. The first-order valence-corrected chi connectivity index (χ1v) is 8.92. The van der Waals surface area contributed by atoms with E-state index in [2.05, 4.69) is 5.32 Å². The standard InChI is InChI=1S/C21H19ClN2O4/c1-3-27-19-9-7-15(8-10-19)11-16(13-23)21(26)28-14(2)20(25)24-18-6-4-5-17(22)12-18/h4-12,14H,3H2,1-2H3,(H,24,25)/b16-11+/t14-/m0/s1. The smallest absolute Gasteiger partial charge is 0.349 e. The van der Waals surface area contributed by atoms with Gasteiger partial charge in [-0.15, -0.1) is 0 Å². The summed E-state index contributed by atoms with van der Waals surface area (Å²) in [5.74, 6) is -0.730. The number of amides is 1. The second kappa shape index (κ2) is 10.1. The molecular weight excluding hydrogens is 380 g/mol. The Labute approximate surface area is 168 Å². The summed E-state index contributed by atoms with van der Waals surface area (Å²) in [5, 5.41) is 12.3. The third-order valence-electron chi connectivity index (χ3n) is 3.59. The predicted octanol–water partition coefficient (Wildman–Crippen LogP) is 4.22. The Morgan fingerprint density at radius 3 is 2.57 bits per heavy atom. The van der Waals surface area contributed by atoms with Crippen molar-refractivity contribution in [2.75, 3.05) is 11.9 Å². The molecule has 0 aromatic heterocycles. The lowest BCUT2D eigenvalue weighted by atomic mass is 10.1. The van der Waals surface area contributed by atoms with Gasteiger partial charge in [-0.25, -0.2) is 4.79 Å². The third kappa shape index (κ3) is 6.15. The Kier molecular flexibility index (Phi) is 7.61. The van der Waals surface area contributed by atoms with E-state index in [9.17, 15) is 14.9 Å². The van der Waals surface area contributed by atoms with Gasteiger partial charge in [-0.1, -0.05) is 29.8 Å². The molecule has 2 aromatic carbocycles. The maximum absolute atomic E-state index is 12.2. The number of nitrogens with one attached hydrogen (secondary N) is 1.